The number of fused-ring (bicyclic) bond motifs is 1. The molecule has 1 N–H and O–H groups in total. The highest BCUT2D eigenvalue weighted by atomic mass is 32.1. The molecule has 2 aromatic heterocycles. The summed E-state index contributed by atoms with van der Waals surface area (Å²) < 4.78 is 0. The zero-order chi connectivity index (χ0) is 14.9. The van der Waals surface area contributed by atoms with Crippen LogP contribution in [0.4, 0.5) is 5.82 Å². The third-order valence-electron chi connectivity index (χ3n) is 3.54. The molecule has 0 saturated heterocycles. The molecule has 0 fully saturated rings. The smallest absolute Gasteiger partial charge is 0.244 e. The molecular formula is C14H20N4OS. The lowest BCUT2D eigenvalue weighted by Gasteiger charge is -2.21. The van der Waals surface area contributed by atoms with E-state index in [0.29, 0.717) is 6.54 Å². The number of nitrogens with zero attached hydrogens (tertiary/aromatic N) is 3. The molecule has 1 unspecified atom stereocenters. The maximum Gasteiger partial charge on any atom is 0.244 e. The van der Waals surface area contributed by atoms with Gasteiger partial charge in [-0.3, -0.25) is 4.79 Å². The Hall–Kier alpha value is -1.69. The molecule has 0 spiro atoms. The fourth-order valence-corrected chi connectivity index (χ4v) is 3.04. The minimum Gasteiger partial charge on any atom is -0.358 e. The van der Waals surface area contributed by atoms with Crippen molar-refractivity contribution in [3.63, 3.8) is 0 Å². The SMILES string of the molecule is CCN(C)C(=O)C(C)Nc1ncnc2sc(C)c(C)c12. The molecule has 6 heteroatoms. The monoisotopic (exact) mass is 292 g/mol. The Labute approximate surface area is 123 Å². The lowest BCUT2D eigenvalue weighted by Crippen LogP contribution is -2.39. The van der Waals surface area contributed by atoms with Crippen LogP contribution in [0.3, 0.4) is 0 Å². The first kappa shape index (κ1) is 14.7. The summed E-state index contributed by atoms with van der Waals surface area (Å²) in [6.07, 6.45) is 1.54. The normalized spacial score (nSPS) is 12.4. The number of hydrogen-bond acceptors (Lipinski definition) is 5. The fourth-order valence-electron chi connectivity index (χ4n) is 2.05. The number of anilines is 1. The van der Waals surface area contributed by atoms with Crippen molar-refractivity contribution in [3.8, 4) is 0 Å². The zero-order valence-corrected chi connectivity index (χ0v) is 13.3. The minimum atomic E-state index is -0.308. The molecule has 1 amide bonds. The molecule has 20 heavy (non-hydrogen) atoms. The number of likely N-dealkylation sites (N-methyl/N-ethyl adjacent to an activating group) is 1. The summed E-state index contributed by atoms with van der Waals surface area (Å²) in [5.41, 5.74) is 1.18. The van der Waals surface area contributed by atoms with Crippen LogP contribution in [0.15, 0.2) is 6.33 Å². The number of rotatable bonds is 4. The van der Waals surface area contributed by atoms with Gasteiger partial charge in [0.15, 0.2) is 0 Å². The van der Waals surface area contributed by atoms with Gasteiger partial charge in [0.1, 0.15) is 23.0 Å². The summed E-state index contributed by atoms with van der Waals surface area (Å²) in [7, 11) is 1.80. The predicted octanol–water partition coefficient (Wildman–Crippen LogP) is 2.59. The highest BCUT2D eigenvalue weighted by Crippen LogP contribution is 2.32. The van der Waals surface area contributed by atoms with Crippen molar-refractivity contribution in [1.82, 2.24) is 14.9 Å². The second-order valence-corrected chi connectivity index (χ2v) is 6.11. The van der Waals surface area contributed by atoms with Crippen molar-refractivity contribution >= 4 is 33.3 Å². The molecule has 0 aliphatic carbocycles. The second-order valence-electron chi connectivity index (χ2n) is 4.90. The molecule has 2 rings (SSSR count). The van der Waals surface area contributed by atoms with E-state index in [9.17, 15) is 4.79 Å². The average molecular weight is 292 g/mol. The summed E-state index contributed by atoms with van der Waals surface area (Å²) in [6, 6.07) is -0.308. The Morgan fingerprint density at radius 3 is 2.80 bits per heavy atom. The Kier molecular flexibility index (Phi) is 4.23. The fraction of sp³-hybridized carbons (Fsp3) is 0.500. The van der Waals surface area contributed by atoms with E-state index in [1.807, 2.05) is 13.8 Å². The van der Waals surface area contributed by atoms with E-state index in [0.717, 1.165) is 16.0 Å². The first-order chi connectivity index (χ1) is 9.45. The van der Waals surface area contributed by atoms with E-state index in [2.05, 4.69) is 29.1 Å². The third kappa shape index (κ3) is 2.60. The molecule has 108 valence electrons. The summed E-state index contributed by atoms with van der Waals surface area (Å²) in [5.74, 6) is 0.797. The van der Waals surface area contributed by atoms with Gasteiger partial charge in [-0.25, -0.2) is 9.97 Å². The van der Waals surface area contributed by atoms with Crippen molar-refractivity contribution in [1.29, 1.82) is 0 Å². The molecule has 2 heterocycles. The van der Waals surface area contributed by atoms with E-state index in [1.54, 1.807) is 29.6 Å². The van der Waals surface area contributed by atoms with Crippen LogP contribution in [-0.4, -0.2) is 40.4 Å². The number of aryl methyl sites for hydroxylation is 2. The molecule has 0 saturated carbocycles. The second kappa shape index (κ2) is 5.75. The Balaban J connectivity index is 2.32. The number of amides is 1. The van der Waals surface area contributed by atoms with Gasteiger partial charge in [0.05, 0.1) is 5.39 Å². The van der Waals surface area contributed by atoms with Gasteiger partial charge in [-0.1, -0.05) is 0 Å². The number of nitrogens with one attached hydrogen (secondary N) is 1. The van der Waals surface area contributed by atoms with Crippen LogP contribution in [0, 0.1) is 13.8 Å². The number of carbonyl (C=O) groups excluding carboxylic acids is 1. The van der Waals surface area contributed by atoms with E-state index < -0.39 is 0 Å². The van der Waals surface area contributed by atoms with Gasteiger partial charge in [0.25, 0.3) is 0 Å². The molecule has 0 aromatic carbocycles. The van der Waals surface area contributed by atoms with Crippen LogP contribution in [0.5, 0.6) is 0 Å². The highest BCUT2D eigenvalue weighted by Gasteiger charge is 2.19. The standard InChI is InChI=1S/C14H20N4OS/c1-6-18(5)14(19)9(3)17-12-11-8(2)10(4)20-13(11)16-7-15-12/h7,9H,6H2,1-5H3,(H,15,16,17). The van der Waals surface area contributed by atoms with E-state index >= 15 is 0 Å². The minimum absolute atomic E-state index is 0.0591. The summed E-state index contributed by atoms with van der Waals surface area (Å²) >= 11 is 1.65. The van der Waals surface area contributed by atoms with Crippen molar-refractivity contribution < 1.29 is 4.79 Å². The van der Waals surface area contributed by atoms with Crippen LogP contribution < -0.4 is 5.32 Å². The quantitative estimate of drug-likeness (QED) is 0.941. The number of hydrogen-bond donors (Lipinski definition) is 1. The van der Waals surface area contributed by atoms with Gasteiger partial charge in [-0.05, 0) is 33.3 Å². The van der Waals surface area contributed by atoms with E-state index in [4.69, 9.17) is 0 Å². The molecule has 0 bridgehead atoms. The van der Waals surface area contributed by atoms with Crippen LogP contribution >= 0.6 is 11.3 Å². The number of aromatic nitrogens is 2. The van der Waals surface area contributed by atoms with E-state index in [-0.39, 0.29) is 11.9 Å². The van der Waals surface area contributed by atoms with Crippen molar-refractivity contribution in [2.45, 2.75) is 33.7 Å². The van der Waals surface area contributed by atoms with Crippen LogP contribution in [-0.2, 0) is 4.79 Å². The predicted molar refractivity (Wildman–Crippen MR) is 83.3 cm³/mol. The molecule has 2 aromatic rings. The lowest BCUT2D eigenvalue weighted by molar-refractivity contribution is -0.130. The van der Waals surface area contributed by atoms with Gasteiger partial charge in [0, 0.05) is 18.5 Å². The topological polar surface area (TPSA) is 58.1 Å². The van der Waals surface area contributed by atoms with Gasteiger partial charge in [0.2, 0.25) is 5.91 Å². The van der Waals surface area contributed by atoms with Crippen LogP contribution in [0.25, 0.3) is 10.2 Å². The van der Waals surface area contributed by atoms with Crippen molar-refractivity contribution in [3.05, 3.63) is 16.8 Å². The molecule has 5 nitrogen and oxygen atoms in total. The maximum atomic E-state index is 12.1. The van der Waals surface area contributed by atoms with Gasteiger partial charge < -0.3 is 10.2 Å². The average Bonchev–Trinajstić information content (AvgIpc) is 2.73. The Bertz CT molecular complexity index is 637. The molecule has 1 atom stereocenters. The Morgan fingerprint density at radius 2 is 2.15 bits per heavy atom. The zero-order valence-electron chi connectivity index (χ0n) is 12.5. The summed E-state index contributed by atoms with van der Waals surface area (Å²) in [6.45, 7) is 8.65. The maximum absolute atomic E-state index is 12.1. The van der Waals surface area contributed by atoms with Gasteiger partial charge in [-0.15, -0.1) is 11.3 Å². The molecule has 0 radical (unpaired) electrons. The largest absolute Gasteiger partial charge is 0.358 e. The molecule has 0 aliphatic rings. The Morgan fingerprint density at radius 1 is 1.45 bits per heavy atom. The first-order valence-electron chi connectivity index (χ1n) is 6.67. The van der Waals surface area contributed by atoms with Crippen molar-refractivity contribution in [2.75, 3.05) is 18.9 Å². The molecular weight excluding hydrogens is 272 g/mol. The van der Waals surface area contributed by atoms with Crippen molar-refractivity contribution in [2.24, 2.45) is 0 Å². The first-order valence-corrected chi connectivity index (χ1v) is 7.49. The highest BCUT2D eigenvalue weighted by molar-refractivity contribution is 7.18. The van der Waals surface area contributed by atoms with Crippen LogP contribution in [0.2, 0.25) is 0 Å². The van der Waals surface area contributed by atoms with Gasteiger partial charge >= 0.3 is 0 Å². The third-order valence-corrected chi connectivity index (χ3v) is 4.65. The summed E-state index contributed by atoms with van der Waals surface area (Å²) in [5, 5.41) is 4.24. The molecule has 0 aliphatic heterocycles. The van der Waals surface area contributed by atoms with Crippen LogP contribution in [0.1, 0.15) is 24.3 Å². The van der Waals surface area contributed by atoms with E-state index in [1.165, 1.54) is 10.4 Å². The van der Waals surface area contributed by atoms with Gasteiger partial charge in [-0.2, -0.15) is 0 Å². The lowest BCUT2D eigenvalue weighted by atomic mass is 10.2. The summed E-state index contributed by atoms with van der Waals surface area (Å²) in [4.78, 5) is 24.6. The number of carbonyl (C=O) groups is 1. The number of thiophene rings is 1.